The number of aromatic nitrogens is 1. The molecule has 2 heterocycles. The second-order valence-corrected chi connectivity index (χ2v) is 5.01. The van der Waals surface area contributed by atoms with Gasteiger partial charge in [-0.2, -0.15) is 0 Å². The van der Waals surface area contributed by atoms with Crippen LogP contribution in [0.15, 0.2) is 47.3 Å². The van der Waals surface area contributed by atoms with Crippen molar-refractivity contribution in [2.24, 2.45) is 0 Å². The van der Waals surface area contributed by atoms with E-state index in [1.165, 1.54) is 5.56 Å². The Labute approximate surface area is 119 Å². The summed E-state index contributed by atoms with van der Waals surface area (Å²) in [6, 6.07) is 7.91. The molecule has 3 nitrogen and oxygen atoms in total. The zero-order valence-electron chi connectivity index (χ0n) is 11.1. The van der Waals surface area contributed by atoms with E-state index in [2.05, 4.69) is 28.9 Å². The summed E-state index contributed by atoms with van der Waals surface area (Å²) in [5.41, 5.74) is 1.30. The first kappa shape index (κ1) is 14.1. The summed E-state index contributed by atoms with van der Waals surface area (Å²) in [7, 11) is 0. The molecule has 0 spiro atoms. The maximum absolute atomic E-state index is 6.36. The van der Waals surface area contributed by atoms with Gasteiger partial charge in [0.2, 0.25) is 0 Å². The van der Waals surface area contributed by atoms with E-state index >= 15 is 0 Å². The van der Waals surface area contributed by atoms with Gasteiger partial charge in [-0.15, -0.1) is 11.6 Å². The lowest BCUT2D eigenvalue weighted by Gasteiger charge is -2.22. The van der Waals surface area contributed by atoms with Crippen molar-refractivity contribution in [2.75, 3.05) is 19.6 Å². The highest BCUT2D eigenvalue weighted by Gasteiger charge is 2.14. The van der Waals surface area contributed by atoms with Crippen LogP contribution in [0.1, 0.15) is 23.6 Å². The molecule has 0 aliphatic heterocycles. The van der Waals surface area contributed by atoms with Crippen LogP contribution in [0.5, 0.6) is 0 Å². The molecule has 0 amide bonds. The van der Waals surface area contributed by atoms with Gasteiger partial charge in [0.25, 0.3) is 0 Å². The summed E-state index contributed by atoms with van der Waals surface area (Å²) in [5.74, 6) is 0.837. The van der Waals surface area contributed by atoms with Gasteiger partial charge in [-0.3, -0.25) is 4.98 Å². The minimum atomic E-state index is -0.0904. The molecule has 0 radical (unpaired) electrons. The number of hydrogen-bond donors (Lipinski definition) is 0. The summed E-state index contributed by atoms with van der Waals surface area (Å²) in [6.07, 6.45) is 6.34. The van der Waals surface area contributed by atoms with Crippen LogP contribution >= 0.6 is 11.6 Å². The third-order valence-corrected chi connectivity index (χ3v) is 3.54. The van der Waals surface area contributed by atoms with Crippen LogP contribution in [0.2, 0.25) is 0 Å². The van der Waals surface area contributed by atoms with Crippen molar-refractivity contribution in [3.63, 3.8) is 0 Å². The average Bonchev–Trinajstić information content (AvgIpc) is 2.98. The molecular formula is C15H19ClN2O. The number of pyridine rings is 1. The minimum absolute atomic E-state index is 0.0904. The quantitative estimate of drug-likeness (QED) is 0.726. The second-order valence-electron chi connectivity index (χ2n) is 4.48. The van der Waals surface area contributed by atoms with Gasteiger partial charge in [0.05, 0.1) is 6.26 Å². The van der Waals surface area contributed by atoms with Gasteiger partial charge in [-0.1, -0.05) is 6.92 Å². The molecule has 19 heavy (non-hydrogen) atoms. The van der Waals surface area contributed by atoms with E-state index in [0.29, 0.717) is 0 Å². The third kappa shape index (κ3) is 4.37. The molecule has 0 saturated heterocycles. The number of hydrogen-bond acceptors (Lipinski definition) is 3. The molecule has 2 aromatic heterocycles. The summed E-state index contributed by atoms with van der Waals surface area (Å²) < 4.78 is 5.34. The van der Waals surface area contributed by atoms with Crippen molar-refractivity contribution in [3.05, 3.63) is 54.2 Å². The van der Waals surface area contributed by atoms with E-state index < -0.39 is 0 Å². The highest BCUT2D eigenvalue weighted by atomic mass is 35.5. The normalized spacial score (nSPS) is 12.8. The molecule has 2 aromatic rings. The molecule has 4 heteroatoms. The molecule has 0 saturated carbocycles. The number of likely N-dealkylation sites (N-methyl/N-ethyl adjacent to an activating group) is 1. The van der Waals surface area contributed by atoms with Crippen LogP contribution in [0.3, 0.4) is 0 Å². The standard InChI is InChI=1S/C15H19ClN2O/c1-2-18(10-7-13-5-8-17-9-6-13)12-14(16)15-4-3-11-19-15/h3-6,8-9,11,14H,2,7,10,12H2,1H3. The topological polar surface area (TPSA) is 29.3 Å². The highest BCUT2D eigenvalue weighted by molar-refractivity contribution is 6.20. The highest BCUT2D eigenvalue weighted by Crippen LogP contribution is 2.21. The van der Waals surface area contributed by atoms with E-state index in [4.69, 9.17) is 16.0 Å². The number of halogens is 1. The molecule has 0 aliphatic carbocycles. The summed E-state index contributed by atoms with van der Waals surface area (Å²) in [4.78, 5) is 6.36. The van der Waals surface area contributed by atoms with Crippen molar-refractivity contribution in [2.45, 2.75) is 18.7 Å². The van der Waals surface area contributed by atoms with Gasteiger partial charge in [0, 0.05) is 25.5 Å². The van der Waals surface area contributed by atoms with Crippen LogP contribution in [-0.2, 0) is 6.42 Å². The molecule has 0 aromatic carbocycles. The monoisotopic (exact) mass is 278 g/mol. The van der Waals surface area contributed by atoms with Crippen LogP contribution in [0.25, 0.3) is 0 Å². The molecule has 102 valence electrons. The largest absolute Gasteiger partial charge is 0.468 e. The number of alkyl halides is 1. The molecular weight excluding hydrogens is 260 g/mol. The number of rotatable bonds is 7. The van der Waals surface area contributed by atoms with E-state index in [1.807, 2.05) is 24.5 Å². The SMILES string of the molecule is CCN(CCc1ccncc1)CC(Cl)c1ccco1. The first-order chi connectivity index (χ1) is 9.29. The van der Waals surface area contributed by atoms with E-state index in [0.717, 1.165) is 31.8 Å². The van der Waals surface area contributed by atoms with Crippen molar-refractivity contribution in [1.29, 1.82) is 0 Å². The lowest BCUT2D eigenvalue weighted by molar-refractivity contribution is 0.283. The number of furan rings is 1. The van der Waals surface area contributed by atoms with Crippen LogP contribution < -0.4 is 0 Å². The van der Waals surface area contributed by atoms with E-state index in [-0.39, 0.29) is 5.38 Å². The molecule has 2 rings (SSSR count). The Morgan fingerprint density at radius 1 is 1.32 bits per heavy atom. The summed E-state index contributed by atoms with van der Waals surface area (Å²) in [5, 5.41) is -0.0904. The summed E-state index contributed by atoms with van der Waals surface area (Å²) in [6.45, 7) is 4.93. The fourth-order valence-electron chi connectivity index (χ4n) is 2.00. The van der Waals surface area contributed by atoms with Gasteiger partial charge < -0.3 is 9.32 Å². The predicted octanol–water partition coefficient (Wildman–Crippen LogP) is 3.52. The van der Waals surface area contributed by atoms with Gasteiger partial charge in [0.15, 0.2) is 0 Å². The second kappa shape index (κ2) is 7.31. The van der Waals surface area contributed by atoms with Gasteiger partial charge in [-0.05, 0) is 42.8 Å². The third-order valence-electron chi connectivity index (χ3n) is 3.18. The fraction of sp³-hybridized carbons (Fsp3) is 0.400. The molecule has 0 N–H and O–H groups in total. The Kier molecular flexibility index (Phi) is 5.43. The smallest absolute Gasteiger partial charge is 0.122 e. The van der Waals surface area contributed by atoms with Gasteiger partial charge in [-0.25, -0.2) is 0 Å². The maximum Gasteiger partial charge on any atom is 0.122 e. The molecule has 1 unspecified atom stereocenters. The lowest BCUT2D eigenvalue weighted by atomic mass is 10.2. The zero-order chi connectivity index (χ0) is 13.5. The Balaban J connectivity index is 1.83. The Hall–Kier alpha value is -1.32. The lowest BCUT2D eigenvalue weighted by Crippen LogP contribution is -2.29. The van der Waals surface area contributed by atoms with Gasteiger partial charge in [0.1, 0.15) is 11.1 Å². The average molecular weight is 279 g/mol. The molecule has 0 aliphatic rings. The van der Waals surface area contributed by atoms with Crippen molar-refractivity contribution < 1.29 is 4.42 Å². The van der Waals surface area contributed by atoms with E-state index in [1.54, 1.807) is 6.26 Å². The van der Waals surface area contributed by atoms with Crippen molar-refractivity contribution in [3.8, 4) is 0 Å². The fourth-order valence-corrected chi connectivity index (χ4v) is 2.32. The Morgan fingerprint density at radius 2 is 2.11 bits per heavy atom. The van der Waals surface area contributed by atoms with Crippen LogP contribution in [0.4, 0.5) is 0 Å². The molecule has 0 fully saturated rings. The Morgan fingerprint density at radius 3 is 2.74 bits per heavy atom. The molecule has 1 atom stereocenters. The van der Waals surface area contributed by atoms with Crippen molar-refractivity contribution >= 4 is 11.6 Å². The van der Waals surface area contributed by atoms with Crippen LogP contribution in [0, 0.1) is 0 Å². The first-order valence-corrected chi connectivity index (χ1v) is 7.02. The molecule has 0 bridgehead atoms. The van der Waals surface area contributed by atoms with Gasteiger partial charge >= 0.3 is 0 Å². The number of nitrogens with zero attached hydrogens (tertiary/aromatic N) is 2. The summed E-state index contributed by atoms with van der Waals surface area (Å²) >= 11 is 6.36. The Bertz CT molecular complexity index is 458. The minimum Gasteiger partial charge on any atom is -0.468 e. The zero-order valence-corrected chi connectivity index (χ0v) is 11.9. The van der Waals surface area contributed by atoms with Crippen LogP contribution in [-0.4, -0.2) is 29.5 Å². The maximum atomic E-state index is 6.36. The van der Waals surface area contributed by atoms with E-state index in [9.17, 15) is 0 Å². The first-order valence-electron chi connectivity index (χ1n) is 6.58. The predicted molar refractivity (Wildman–Crippen MR) is 77.4 cm³/mol. The van der Waals surface area contributed by atoms with Crippen molar-refractivity contribution in [1.82, 2.24) is 9.88 Å².